The van der Waals surface area contributed by atoms with Crippen LogP contribution in [0.15, 0.2) is 22.7 Å². The van der Waals surface area contributed by atoms with E-state index >= 15 is 0 Å². The van der Waals surface area contributed by atoms with Gasteiger partial charge in [0.05, 0.1) is 21.9 Å². The maximum Gasteiger partial charge on any atom is 0.418 e. The van der Waals surface area contributed by atoms with Crippen LogP contribution < -0.4 is 5.32 Å². The van der Waals surface area contributed by atoms with Crippen molar-refractivity contribution in [2.45, 2.75) is 20.0 Å². The van der Waals surface area contributed by atoms with Crippen LogP contribution in [-0.2, 0) is 15.7 Å². The Morgan fingerprint density at radius 1 is 1.33 bits per heavy atom. The third-order valence-electron chi connectivity index (χ3n) is 3.37. The van der Waals surface area contributed by atoms with Crippen molar-refractivity contribution in [2.75, 3.05) is 11.9 Å². The summed E-state index contributed by atoms with van der Waals surface area (Å²) >= 11 is 0. The lowest BCUT2D eigenvalue weighted by molar-refractivity contribution is -0.385. The summed E-state index contributed by atoms with van der Waals surface area (Å²) in [5, 5.41) is 16.1. The average Bonchev–Trinajstić information content (AvgIpc) is 2.90. The summed E-state index contributed by atoms with van der Waals surface area (Å²) in [5.41, 5.74) is -2.65. The molecule has 0 unspecified atom stereocenters. The minimum atomic E-state index is -4.94. The quantitative estimate of drug-likeness (QED) is 0.475. The number of esters is 1. The Kier molecular flexibility index (Phi) is 5.47. The van der Waals surface area contributed by atoms with E-state index < -0.39 is 46.5 Å². The van der Waals surface area contributed by atoms with E-state index in [-0.39, 0.29) is 17.0 Å². The van der Waals surface area contributed by atoms with E-state index in [9.17, 15) is 32.9 Å². The highest BCUT2D eigenvalue weighted by atomic mass is 19.4. The van der Waals surface area contributed by atoms with Crippen LogP contribution in [0.3, 0.4) is 0 Å². The first-order valence-corrected chi connectivity index (χ1v) is 7.26. The van der Waals surface area contributed by atoms with E-state index in [1.54, 1.807) is 0 Å². The van der Waals surface area contributed by atoms with Gasteiger partial charge in [0.15, 0.2) is 6.61 Å². The fourth-order valence-electron chi connectivity index (χ4n) is 2.15. The summed E-state index contributed by atoms with van der Waals surface area (Å²) in [6.07, 6.45) is -4.94. The molecule has 2 rings (SSSR count). The molecule has 0 radical (unpaired) electrons. The molecule has 27 heavy (non-hydrogen) atoms. The number of nitrogens with one attached hydrogen (secondary N) is 1. The highest BCUT2D eigenvalue weighted by Crippen LogP contribution is 2.37. The van der Waals surface area contributed by atoms with Gasteiger partial charge in [-0.05, 0) is 19.9 Å². The number of halogens is 3. The molecule has 12 heteroatoms. The van der Waals surface area contributed by atoms with Crippen molar-refractivity contribution in [1.29, 1.82) is 0 Å². The molecule has 1 amide bonds. The van der Waals surface area contributed by atoms with Gasteiger partial charge in [-0.25, -0.2) is 4.79 Å². The molecule has 144 valence electrons. The van der Waals surface area contributed by atoms with Crippen molar-refractivity contribution in [2.24, 2.45) is 0 Å². The maximum absolute atomic E-state index is 13.1. The molecule has 0 saturated heterocycles. The number of hydrogen-bond donors (Lipinski definition) is 1. The van der Waals surface area contributed by atoms with Gasteiger partial charge in [0.25, 0.3) is 11.6 Å². The van der Waals surface area contributed by atoms with Crippen LogP contribution in [-0.4, -0.2) is 28.6 Å². The topological polar surface area (TPSA) is 125 Å². The van der Waals surface area contributed by atoms with Gasteiger partial charge in [-0.1, -0.05) is 5.16 Å². The lowest BCUT2D eigenvalue weighted by Crippen LogP contribution is -2.23. The molecule has 1 aromatic carbocycles. The van der Waals surface area contributed by atoms with Gasteiger partial charge in [-0.2, -0.15) is 13.2 Å². The van der Waals surface area contributed by atoms with Crippen LogP contribution in [0, 0.1) is 24.0 Å². The molecule has 0 fully saturated rings. The number of amides is 1. The number of hydrogen-bond acceptors (Lipinski definition) is 7. The molecule has 0 spiro atoms. The zero-order chi connectivity index (χ0) is 20.4. The van der Waals surface area contributed by atoms with E-state index in [4.69, 9.17) is 9.26 Å². The molecule has 0 aliphatic rings. The number of benzene rings is 1. The number of carbonyl (C=O) groups is 2. The number of nitro groups is 1. The Balaban J connectivity index is 2.11. The van der Waals surface area contributed by atoms with Crippen molar-refractivity contribution in [3.05, 3.63) is 50.9 Å². The predicted octanol–water partition coefficient (Wildman–Crippen LogP) is 3.01. The lowest BCUT2D eigenvalue weighted by Gasteiger charge is -2.13. The molecular formula is C15H12F3N3O6. The molecule has 1 aromatic heterocycles. The van der Waals surface area contributed by atoms with Gasteiger partial charge in [-0.15, -0.1) is 0 Å². The number of aryl methyl sites for hydroxylation is 2. The van der Waals surface area contributed by atoms with Crippen LogP contribution in [0.1, 0.15) is 27.4 Å². The minimum absolute atomic E-state index is 0.00844. The van der Waals surface area contributed by atoms with Gasteiger partial charge in [0.1, 0.15) is 11.3 Å². The zero-order valence-electron chi connectivity index (χ0n) is 13.9. The van der Waals surface area contributed by atoms with Crippen molar-refractivity contribution < 1.29 is 36.9 Å². The summed E-state index contributed by atoms with van der Waals surface area (Å²) in [4.78, 5) is 33.4. The SMILES string of the molecule is Cc1noc(C)c1C(=O)OCC(=O)Nc1ccc([N+](=O)[O-])cc1C(F)(F)F. The third-order valence-corrected chi connectivity index (χ3v) is 3.37. The summed E-state index contributed by atoms with van der Waals surface area (Å²) in [6.45, 7) is 2.04. The first-order chi connectivity index (χ1) is 12.5. The molecule has 0 aliphatic heterocycles. The van der Waals surface area contributed by atoms with Crippen LogP contribution >= 0.6 is 0 Å². The number of alkyl halides is 3. The smallest absolute Gasteiger partial charge is 0.418 e. The van der Waals surface area contributed by atoms with Gasteiger partial charge in [0, 0.05) is 12.1 Å². The summed E-state index contributed by atoms with van der Waals surface area (Å²) in [7, 11) is 0. The van der Waals surface area contributed by atoms with Crippen molar-refractivity contribution in [3.63, 3.8) is 0 Å². The second-order valence-electron chi connectivity index (χ2n) is 5.31. The van der Waals surface area contributed by atoms with E-state index in [1.807, 2.05) is 5.32 Å². The molecule has 0 bridgehead atoms. The predicted molar refractivity (Wildman–Crippen MR) is 83.0 cm³/mol. The monoisotopic (exact) mass is 387 g/mol. The van der Waals surface area contributed by atoms with Crippen LogP contribution in [0.4, 0.5) is 24.5 Å². The largest absolute Gasteiger partial charge is 0.452 e. The first-order valence-electron chi connectivity index (χ1n) is 7.26. The Bertz CT molecular complexity index is 887. The Labute approximate surface area is 149 Å². The van der Waals surface area contributed by atoms with Gasteiger partial charge in [0.2, 0.25) is 0 Å². The number of aromatic nitrogens is 1. The molecule has 0 atom stereocenters. The zero-order valence-corrected chi connectivity index (χ0v) is 13.9. The van der Waals surface area contributed by atoms with Crippen molar-refractivity contribution >= 4 is 23.3 Å². The highest BCUT2D eigenvalue weighted by Gasteiger charge is 2.35. The Morgan fingerprint density at radius 3 is 2.52 bits per heavy atom. The second-order valence-corrected chi connectivity index (χ2v) is 5.31. The number of ether oxygens (including phenoxy) is 1. The fraction of sp³-hybridized carbons (Fsp3) is 0.267. The van der Waals surface area contributed by atoms with Crippen LogP contribution in [0.2, 0.25) is 0 Å². The Hall–Kier alpha value is -3.44. The molecule has 0 saturated carbocycles. The molecule has 9 nitrogen and oxygen atoms in total. The van der Waals surface area contributed by atoms with E-state index in [0.717, 1.165) is 12.1 Å². The molecular weight excluding hydrogens is 375 g/mol. The summed E-state index contributed by atoms with van der Waals surface area (Å²) < 4.78 is 48.7. The van der Waals surface area contributed by atoms with Crippen LogP contribution in [0.5, 0.6) is 0 Å². The normalized spacial score (nSPS) is 11.1. The van der Waals surface area contributed by atoms with Gasteiger partial charge < -0.3 is 14.6 Å². The average molecular weight is 387 g/mol. The number of carbonyl (C=O) groups excluding carboxylic acids is 2. The number of rotatable bonds is 5. The second kappa shape index (κ2) is 7.43. The number of nitro benzene ring substituents is 1. The minimum Gasteiger partial charge on any atom is -0.452 e. The Morgan fingerprint density at radius 2 is 2.00 bits per heavy atom. The highest BCUT2D eigenvalue weighted by molar-refractivity contribution is 5.96. The third kappa shape index (κ3) is 4.59. The standard InChI is InChI=1S/C15H12F3N3O6/c1-7-13(8(2)27-20-7)14(23)26-6-12(22)19-11-4-3-9(21(24)25)5-10(11)15(16,17)18/h3-5H,6H2,1-2H3,(H,19,22). The molecule has 1 heterocycles. The van der Waals surface area contributed by atoms with Gasteiger partial charge in [-0.3, -0.25) is 14.9 Å². The van der Waals surface area contributed by atoms with Crippen molar-refractivity contribution in [3.8, 4) is 0 Å². The number of non-ortho nitro benzene ring substituents is 1. The molecule has 2 aromatic rings. The first kappa shape index (κ1) is 19.9. The van der Waals surface area contributed by atoms with E-state index in [0.29, 0.717) is 6.07 Å². The van der Waals surface area contributed by atoms with Gasteiger partial charge >= 0.3 is 12.1 Å². The van der Waals surface area contributed by atoms with E-state index in [2.05, 4.69) is 5.16 Å². The van der Waals surface area contributed by atoms with E-state index in [1.165, 1.54) is 13.8 Å². The van der Waals surface area contributed by atoms with Crippen molar-refractivity contribution in [1.82, 2.24) is 5.16 Å². The molecule has 1 N–H and O–H groups in total. The molecule has 0 aliphatic carbocycles. The summed E-state index contributed by atoms with van der Waals surface area (Å²) in [5.74, 6) is -1.83. The number of nitrogens with zero attached hydrogens (tertiary/aromatic N) is 2. The summed E-state index contributed by atoms with van der Waals surface area (Å²) in [6, 6.07) is 1.85. The fourth-order valence-corrected chi connectivity index (χ4v) is 2.15. The van der Waals surface area contributed by atoms with Crippen LogP contribution in [0.25, 0.3) is 0 Å². The maximum atomic E-state index is 13.1. The number of anilines is 1. The lowest BCUT2D eigenvalue weighted by atomic mass is 10.1.